The highest BCUT2D eigenvalue weighted by Gasteiger charge is 2.11. The summed E-state index contributed by atoms with van der Waals surface area (Å²) >= 11 is 9.46. The summed E-state index contributed by atoms with van der Waals surface area (Å²) in [5, 5.41) is 4.82. The molecule has 2 rings (SSSR count). The first-order valence-electron chi connectivity index (χ1n) is 4.26. The molecular weight excluding hydrogens is 279 g/mol. The van der Waals surface area contributed by atoms with Gasteiger partial charge in [0.1, 0.15) is 0 Å². The van der Waals surface area contributed by atoms with Crippen LogP contribution in [0.1, 0.15) is 0 Å². The maximum absolute atomic E-state index is 6.06. The molecule has 0 aliphatic rings. The molecule has 3 nitrogen and oxygen atoms in total. The maximum Gasteiger partial charge on any atom is 0.171 e. The van der Waals surface area contributed by atoms with E-state index in [1.165, 1.54) is 0 Å². The van der Waals surface area contributed by atoms with Crippen molar-refractivity contribution in [1.29, 1.82) is 0 Å². The molecule has 5 heteroatoms. The van der Waals surface area contributed by atoms with Crippen molar-refractivity contribution in [1.82, 2.24) is 9.78 Å². The van der Waals surface area contributed by atoms with Crippen molar-refractivity contribution >= 4 is 27.5 Å². The van der Waals surface area contributed by atoms with E-state index in [1.807, 2.05) is 24.3 Å². The summed E-state index contributed by atoms with van der Waals surface area (Å²) in [7, 11) is 1.60. The first-order chi connectivity index (χ1) is 7.24. The van der Waals surface area contributed by atoms with Gasteiger partial charge in [-0.1, -0.05) is 23.7 Å². The standard InChI is InChI=1S/C10H8BrClN2O/c1-15-9-6-13-14(10(9)11)8-5-3-2-4-7(8)12/h2-6H,1H3. The largest absolute Gasteiger partial charge is 0.492 e. The number of benzene rings is 1. The zero-order valence-corrected chi connectivity index (χ0v) is 10.3. The van der Waals surface area contributed by atoms with Gasteiger partial charge in [0, 0.05) is 0 Å². The van der Waals surface area contributed by atoms with E-state index in [-0.39, 0.29) is 0 Å². The van der Waals surface area contributed by atoms with Gasteiger partial charge in [0.05, 0.1) is 24.0 Å². The quantitative estimate of drug-likeness (QED) is 0.847. The van der Waals surface area contributed by atoms with Crippen LogP contribution in [0.4, 0.5) is 0 Å². The van der Waals surface area contributed by atoms with Crippen molar-refractivity contribution in [2.24, 2.45) is 0 Å². The number of hydrogen-bond acceptors (Lipinski definition) is 2. The SMILES string of the molecule is COc1cnn(-c2ccccc2Cl)c1Br. The van der Waals surface area contributed by atoms with E-state index in [0.717, 1.165) is 10.3 Å². The Morgan fingerprint density at radius 1 is 1.40 bits per heavy atom. The third-order valence-electron chi connectivity index (χ3n) is 1.98. The lowest BCUT2D eigenvalue weighted by atomic mass is 10.3. The smallest absolute Gasteiger partial charge is 0.171 e. The Balaban J connectivity index is 2.55. The minimum atomic E-state index is 0.643. The number of halogens is 2. The molecule has 1 heterocycles. The van der Waals surface area contributed by atoms with Crippen LogP contribution in [0.15, 0.2) is 35.1 Å². The second-order valence-corrected chi connectivity index (χ2v) is 4.03. The number of aromatic nitrogens is 2. The van der Waals surface area contributed by atoms with E-state index < -0.39 is 0 Å². The lowest BCUT2D eigenvalue weighted by Gasteiger charge is -2.05. The fraction of sp³-hybridized carbons (Fsp3) is 0.100. The number of hydrogen-bond donors (Lipinski definition) is 0. The summed E-state index contributed by atoms with van der Waals surface area (Å²) < 4.78 is 7.54. The van der Waals surface area contributed by atoms with Crippen molar-refractivity contribution < 1.29 is 4.74 Å². The van der Waals surface area contributed by atoms with Gasteiger partial charge in [-0.3, -0.25) is 0 Å². The Hall–Kier alpha value is -1.000. The van der Waals surface area contributed by atoms with Crippen LogP contribution in [0, 0.1) is 0 Å². The summed E-state index contributed by atoms with van der Waals surface area (Å²) in [4.78, 5) is 0. The highest BCUT2D eigenvalue weighted by molar-refractivity contribution is 9.10. The molecule has 0 bridgehead atoms. The monoisotopic (exact) mass is 286 g/mol. The van der Waals surface area contributed by atoms with E-state index in [0.29, 0.717) is 10.8 Å². The molecule has 0 atom stereocenters. The summed E-state index contributed by atoms with van der Waals surface area (Å²) in [6, 6.07) is 7.49. The highest BCUT2D eigenvalue weighted by atomic mass is 79.9. The third-order valence-corrected chi connectivity index (χ3v) is 3.03. The van der Waals surface area contributed by atoms with Gasteiger partial charge in [-0.25, -0.2) is 4.68 Å². The lowest BCUT2D eigenvalue weighted by molar-refractivity contribution is 0.412. The van der Waals surface area contributed by atoms with Gasteiger partial charge in [0.15, 0.2) is 10.4 Å². The minimum Gasteiger partial charge on any atom is -0.492 e. The van der Waals surface area contributed by atoms with Gasteiger partial charge < -0.3 is 4.74 Å². The minimum absolute atomic E-state index is 0.643. The van der Waals surface area contributed by atoms with Crippen LogP contribution in [0.3, 0.4) is 0 Å². The van der Waals surface area contributed by atoms with Crippen molar-refractivity contribution in [3.05, 3.63) is 40.1 Å². The molecule has 1 aromatic carbocycles. The van der Waals surface area contributed by atoms with Crippen LogP contribution < -0.4 is 4.74 Å². The Bertz CT molecular complexity index is 484. The van der Waals surface area contributed by atoms with Crippen LogP contribution in [-0.2, 0) is 0 Å². The topological polar surface area (TPSA) is 27.1 Å². The molecule has 0 amide bonds. The van der Waals surface area contributed by atoms with Crippen LogP contribution in [0.2, 0.25) is 5.02 Å². The predicted molar refractivity (Wildman–Crippen MR) is 62.8 cm³/mol. The van der Waals surface area contributed by atoms with E-state index >= 15 is 0 Å². The molecule has 0 spiro atoms. The molecule has 0 unspecified atom stereocenters. The first-order valence-corrected chi connectivity index (χ1v) is 5.43. The Morgan fingerprint density at radius 2 is 2.13 bits per heavy atom. The average Bonchev–Trinajstić information content (AvgIpc) is 2.60. The average molecular weight is 288 g/mol. The highest BCUT2D eigenvalue weighted by Crippen LogP contribution is 2.29. The fourth-order valence-electron chi connectivity index (χ4n) is 1.25. The molecule has 0 aliphatic carbocycles. The Kier molecular flexibility index (Phi) is 2.98. The molecule has 0 N–H and O–H groups in total. The predicted octanol–water partition coefficient (Wildman–Crippen LogP) is 3.30. The van der Waals surface area contributed by atoms with Crippen LogP contribution in [-0.4, -0.2) is 16.9 Å². The Morgan fingerprint density at radius 3 is 2.73 bits per heavy atom. The van der Waals surface area contributed by atoms with E-state index in [9.17, 15) is 0 Å². The number of nitrogens with zero attached hydrogens (tertiary/aromatic N) is 2. The van der Waals surface area contributed by atoms with Gasteiger partial charge in [0.25, 0.3) is 0 Å². The van der Waals surface area contributed by atoms with Crippen LogP contribution in [0.5, 0.6) is 5.75 Å². The maximum atomic E-state index is 6.06. The molecule has 1 aromatic heterocycles. The molecular formula is C10H8BrClN2O. The summed E-state index contributed by atoms with van der Waals surface area (Å²) in [5.74, 6) is 0.676. The first kappa shape index (κ1) is 10.5. The zero-order valence-electron chi connectivity index (χ0n) is 7.95. The van der Waals surface area contributed by atoms with E-state index in [1.54, 1.807) is 18.0 Å². The van der Waals surface area contributed by atoms with E-state index in [2.05, 4.69) is 21.0 Å². The molecule has 0 radical (unpaired) electrons. The number of ether oxygens (including phenoxy) is 1. The molecule has 2 aromatic rings. The molecule has 15 heavy (non-hydrogen) atoms. The van der Waals surface area contributed by atoms with Crippen molar-refractivity contribution in [2.75, 3.05) is 7.11 Å². The van der Waals surface area contributed by atoms with Crippen molar-refractivity contribution in [3.8, 4) is 11.4 Å². The van der Waals surface area contributed by atoms with Crippen LogP contribution in [0.25, 0.3) is 5.69 Å². The molecule has 0 aliphatic heterocycles. The summed E-state index contributed by atoms with van der Waals surface area (Å²) in [6.07, 6.45) is 1.63. The summed E-state index contributed by atoms with van der Waals surface area (Å²) in [6.45, 7) is 0. The van der Waals surface area contributed by atoms with Crippen molar-refractivity contribution in [3.63, 3.8) is 0 Å². The second kappa shape index (κ2) is 4.24. The molecule has 78 valence electrons. The number of para-hydroxylation sites is 1. The van der Waals surface area contributed by atoms with Gasteiger partial charge in [-0.15, -0.1) is 0 Å². The lowest BCUT2D eigenvalue weighted by Crippen LogP contribution is -1.97. The zero-order chi connectivity index (χ0) is 10.8. The number of methoxy groups -OCH3 is 1. The van der Waals surface area contributed by atoms with Gasteiger partial charge >= 0.3 is 0 Å². The summed E-state index contributed by atoms with van der Waals surface area (Å²) in [5.41, 5.74) is 0.814. The normalized spacial score (nSPS) is 10.3. The van der Waals surface area contributed by atoms with Crippen molar-refractivity contribution in [2.45, 2.75) is 0 Å². The van der Waals surface area contributed by atoms with Gasteiger partial charge in [0.2, 0.25) is 0 Å². The van der Waals surface area contributed by atoms with Gasteiger partial charge in [-0.05, 0) is 28.1 Å². The van der Waals surface area contributed by atoms with E-state index in [4.69, 9.17) is 16.3 Å². The molecule has 0 fully saturated rings. The second-order valence-electron chi connectivity index (χ2n) is 2.87. The molecule has 0 saturated heterocycles. The Labute approximate surface area is 101 Å². The number of rotatable bonds is 2. The fourth-order valence-corrected chi connectivity index (χ4v) is 2.01. The molecule has 0 saturated carbocycles. The third kappa shape index (κ3) is 1.87. The van der Waals surface area contributed by atoms with Crippen LogP contribution >= 0.6 is 27.5 Å². The van der Waals surface area contributed by atoms with Gasteiger partial charge in [-0.2, -0.15) is 5.10 Å².